The summed E-state index contributed by atoms with van der Waals surface area (Å²) in [6, 6.07) is -0.596. The van der Waals surface area contributed by atoms with E-state index in [1.165, 1.54) is 12.2 Å². The Balaban J connectivity index is 5.97. The molecule has 5 heteroatoms. The van der Waals surface area contributed by atoms with Gasteiger partial charge in [-0.2, -0.15) is 13.2 Å². The van der Waals surface area contributed by atoms with Crippen molar-refractivity contribution in [1.29, 1.82) is 0 Å². The van der Waals surface area contributed by atoms with Gasteiger partial charge in [0.25, 0.3) is 0 Å². The smallest absolute Gasteiger partial charge is 0.319 e. The fourth-order valence-corrected chi connectivity index (χ4v) is 3.28. The number of amides is 1. The Hall–Kier alpha value is -1.78. The van der Waals surface area contributed by atoms with E-state index >= 15 is 0 Å². The van der Waals surface area contributed by atoms with Gasteiger partial charge in [0.2, 0.25) is 0 Å². The first kappa shape index (κ1) is 25.2. The van der Waals surface area contributed by atoms with E-state index in [9.17, 15) is 18.0 Å². The first-order chi connectivity index (χ1) is 12.7. The molecule has 0 heterocycles. The standard InChI is InChI=1S/C22H34F3NO/c1-6-11-13-15-18-21(9-4,10-5)26(20(27)22(23,24)25)19(16-8-3)17-14-12-7-2/h6,8-11,19H,3-5,7,12-18H2,1-2H3/b11-6-. The third-order valence-corrected chi connectivity index (χ3v) is 4.75. The molecule has 0 spiro atoms. The largest absolute Gasteiger partial charge is 0.471 e. The number of carbonyl (C=O) groups excluding carboxylic acids is 1. The van der Waals surface area contributed by atoms with Crippen molar-refractivity contribution in [3.05, 3.63) is 50.1 Å². The van der Waals surface area contributed by atoms with Gasteiger partial charge in [-0.05, 0) is 39.0 Å². The van der Waals surface area contributed by atoms with Gasteiger partial charge < -0.3 is 4.90 Å². The number of allylic oxidation sites excluding steroid dienone is 2. The number of alkyl halides is 3. The second-order valence-electron chi connectivity index (χ2n) is 6.71. The highest BCUT2D eigenvalue weighted by Crippen LogP contribution is 2.35. The Morgan fingerprint density at radius 2 is 1.74 bits per heavy atom. The van der Waals surface area contributed by atoms with Gasteiger partial charge in [-0.3, -0.25) is 4.79 Å². The molecule has 27 heavy (non-hydrogen) atoms. The van der Waals surface area contributed by atoms with E-state index in [1.807, 2.05) is 26.0 Å². The zero-order valence-corrected chi connectivity index (χ0v) is 16.7. The Morgan fingerprint density at radius 3 is 2.19 bits per heavy atom. The molecule has 0 aliphatic rings. The van der Waals surface area contributed by atoms with Crippen LogP contribution in [0.2, 0.25) is 0 Å². The van der Waals surface area contributed by atoms with Crippen LogP contribution in [0.1, 0.15) is 65.2 Å². The number of unbranched alkanes of at least 4 members (excludes halogenated alkanes) is 3. The number of nitrogens with zero attached hydrogens (tertiary/aromatic N) is 1. The van der Waals surface area contributed by atoms with Gasteiger partial charge in [0, 0.05) is 6.04 Å². The molecule has 0 fully saturated rings. The molecule has 0 saturated heterocycles. The van der Waals surface area contributed by atoms with Gasteiger partial charge in [0.05, 0.1) is 5.54 Å². The van der Waals surface area contributed by atoms with E-state index in [-0.39, 0.29) is 0 Å². The first-order valence-electron chi connectivity index (χ1n) is 9.63. The molecule has 1 unspecified atom stereocenters. The van der Waals surface area contributed by atoms with Gasteiger partial charge in [-0.25, -0.2) is 0 Å². The zero-order valence-electron chi connectivity index (χ0n) is 16.7. The van der Waals surface area contributed by atoms with Crippen molar-refractivity contribution < 1.29 is 18.0 Å². The van der Waals surface area contributed by atoms with Crippen LogP contribution in [-0.4, -0.2) is 28.6 Å². The summed E-state index contributed by atoms with van der Waals surface area (Å²) < 4.78 is 40.3. The van der Waals surface area contributed by atoms with Crippen molar-refractivity contribution in [2.24, 2.45) is 0 Å². The maximum atomic E-state index is 13.4. The molecule has 1 amide bonds. The van der Waals surface area contributed by atoms with E-state index in [4.69, 9.17) is 0 Å². The van der Waals surface area contributed by atoms with Gasteiger partial charge in [0.15, 0.2) is 0 Å². The molecule has 0 aliphatic carbocycles. The first-order valence-corrected chi connectivity index (χ1v) is 9.63. The molecule has 2 nitrogen and oxygen atoms in total. The molecule has 154 valence electrons. The monoisotopic (exact) mass is 385 g/mol. The summed E-state index contributed by atoms with van der Waals surface area (Å²) in [5.74, 6) is -1.84. The predicted molar refractivity (Wildman–Crippen MR) is 107 cm³/mol. The Bertz CT molecular complexity index is 500. The lowest BCUT2D eigenvalue weighted by atomic mass is 9.87. The molecule has 0 bridgehead atoms. The van der Waals surface area contributed by atoms with E-state index < -0.39 is 23.7 Å². The van der Waals surface area contributed by atoms with Crippen LogP contribution in [0.15, 0.2) is 50.1 Å². The topological polar surface area (TPSA) is 20.3 Å². The van der Waals surface area contributed by atoms with E-state index in [2.05, 4.69) is 19.7 Å². The van der Waals surface area contributed by atoms with Crippen molar-refractivity contribution >= 4 is 5.91 Å². The van der Waals surface area contributed by atoms with Gasteiger partial charge >= 0.3 is 12.1 Å². The molecule has 0 aromatic carbocycles. The summed E-state index contributed by atoms with van der Waals surface area (Å²) in [6.45, 7) is 15.1. The van der Waals surface area contributed by atoms with Gasteiger partial charge in [0.1, 0.15) is 0 Å². The molecule has 1 atom stereocenters. The molecule has 0 rings (SSSR count). The van der Waals surface area contributed by atoms with Crippen LogP contribution < -0.4 is 0 Å². The highest BCUT2D eigenvalue weighted by molar-refractivity contribution is 5.83. The minimum absolute atomic E-state index is 0.295. The Labute approximate surface area is 162 Å². The van der Waals surface area contributed by atoms with Crippen molar-refractivity contribution in [3.63, 3.8) is 0 Å². The second-order valence-corrected chi connectivity index (χ2v) is 6.71. The SMILES string of the molecule is C=CCC(CCCCC)N(C(=O)C(F)(F)F)C(C=C)(C=C)CCC/C=C\C. The van der Waals surface area contributed by atoms with E-state index in [0.29, 0.717) is 25.7 Å². The minimum Gasteiger partial charge on any atom is -0.319 e. The van der Waals surface area contributed by atoms with Crippen LogP contribution in [0.4, 0.5) is 13.2 Å². The fourth-order valence-electron chi connectivity index (χ4n) is 3.28. The van der Waals surface area contributed by atoms with Crippen LogP contribution >= 0.6 is 0 Å². The summed E-state index contributed by atoms with van der Waals surface area (Å²) >= 11 is 0. The van der Waals surface area contributed by atoms with E-state index in [1.54, 1.807) is 6.08 Å². The number of hydrogen-bond donors (Lipinski definition) is 0. The highest BCUT2D eigenvalue weighted by Gasteiger charge is 2.50. The summed E-state index contributed by atoms with van der Waals surface area (Å²) in [4.78, 5) is 13.4. The van der Waals surface area contributed by atoms with Gasteiger partial charge in [-0.1, -0.05) is 56.6 Å². The molecule has 0 saturated carbocycles. The summed E-state index contributed by atoms with van der Waals surface area (Å²) in [5, 5.41) is 0. The van der Waals surface area contributed by atoms with Crippen molar-refractivity contribution in [2.45, 2.75) is 83.0 Å². The van der Waals surface area contributed by atoms with Crippen molar-refractivity contribution in [3.8, 4) is 0 Å². The zero-order chi connectivity index (χ0) is 20.9. The number of halogens is 3. The van der Waals surface area contributed by atoms with Crippen LogP contribution in [-0.2, 0) is 4.79 Å². The molecular formula is C22H34F3NO. The average Bonchev–Trinajstić information content (AvgIpc) is 2.63. The normalized spacial score (nSPS) is 13.4. The molecule has 0 N–H and O–H groups in total. The lowest BCUT2D eigenvalue weighted by Crippen LogP contribution is -2.58. The maximum Gasteiger partial charge on any atom is 0.471 e. The summed E-state index contributed by atoms with van der Waals surface area (Å²) in [7, 11) is 0. The van der Waals surface area contributed by atoms with Crippen LogP contribution in [0.5, 0.6) is 0 Å². The predicted octanol–water partition coefficient (Wildman–Crippen LogP) is 6.76. The van der Waals surface area contributed by atoms with Crippen molar-refractivity contribution in [2.75, 3.05) is 0 Å². The molecule has 0 aliphatic heterocycles. The third kappa shape index (κ3) is 7.77. The number of rotatable bonds is 14. The van der Waals surface area contributed by atoms with Crippen LogP contribution in [0, 0.1) is 0 Å². The summed E-state index contributed by atoms with van der Waals surface area (Å²) in [6.07, 6.45) is 8.39. The fraction of sp³-hybridized carbons (Fsp3) is 0.591. The minimum atomic E-state index is -4.95. The summed E-state index contributed by atoms with van der Waals surface area (Å²) in [5.41, 5.74) is -1.24. The van der Waals surface area contributed by atoms with Gasteiger partial charge in [-0.15, -0.1) is 19.7 Å². The third-order valence-electron chi connectivity index (χ3n) is 4.75. The Morgan fingerprint density at radius 1 is 1.11 bits per heavy atom. The number of carbonyl (C=O) groups is 1. The average molecular weight is 386 g/mol. The van der Waals surface area contributed by atoms with Crippen LogP contribution in [0.3, 0.4) is 0 Å². The molecule has 0 aromatic heterocycles. The lowest BCUT2D eigenvalue weighted by Gasteiger charge is -2.45. The van der Waals surface area contributed by atoms with E-state index in [0.717, 1.165) is 30.6 Å². The molecular weight excluding hydrogens is 351 g/mol. The van der Waals surface area contributed by atoms with Crippen molar-refractivity contribution in [1.82, 2.24) is 4.90 Å². The Kier molecular flexibility index (Phi) is 11.7. The molecule has 0 aromatic rings. The maximum absolute atomic E-state index is 13.4. The van der Waals surface area contributed by atoms with Crippen LogP contribution in [0.25, 0.3) is 0 Å². The quantitative estimate of drug-likeness (QED) is 0.239. The second kappa shape index (κ2) is 12.6. The highest BCUT2D eigenvalue weighted by atomic mass is 19.4. The molecule has 0 radical (unpaired) electrons. The lowest BCUT2D eigenvalue weighted by molar-refractivity contribution is -0.192. The number of hydrogen-bond acceptors (Lipinski definition) is 1.